The molecule has 0 saturated carbocycles. The number of methoxy groups -OCH3 is 1. The summed E-state index contributed by atoms with van der Waals surface area (Å²) in [6, 6.07) is 26.5. The summed E-state index contributed by atoms with van der Waals surface area (Å²) in [7, 11) is 1.62. The van der Waals surface area contributed by atoms with E-state index in [1.807, 2.05) is 91.9 Å². The van der Waals surface area contributed by atoms with Gasteiger partial charge in [0.05, 0.1) is 13.5 Å². The van der Waals surface area contributed by atoms with Crippen LogP contribution in [0.1, 0.15) is 30.0 Å². The van der Waals surface area contributed by atoms with E-state index < -0.39 is 6.04 Å². The fraction of sp³-hybridized carbons (Fsp3) is 0.286. The van der Waals surface area contributed by atoms with E-state index in [1.54, 1.807) is 12.0 Å². The average Bonchev–Trinajstić information content (AvgIpc) is 2.86. The molecule has 0 heterocycles. The summed E-state index contributed by atoms with van der Waals surface area (Å²) in [6.07, 6.45) is 1.50. The molecule has 3 rings (SSSR count). The first-order valence-electron chi connectivity index (χ1n) is 11.4. The Labute approximate surface area is 196 Å². The fourth-order valence-corrected chi connectivity index (χ4v) is 3.72. The van der Waals surface area contributed by atoms with E-state index in [4.69, 9.17) is 4.74 Å². The second kappa shape index (κ2) is 12.4. The number of hydrogen-bond donors (Lipinski definition) is 1. The molecule has 33 heavy (non-hydrogen) atoms. The molecule has 0 aliphatic rings. The Kier molecular flexibility index (Phi) is 9.07. The van der Waals surface area contributed by atoms with Crippen molar-refractivity contribution in [3.63, 3.8) is 0 Å². The molecule has 0 aromatic heterocycles. The minimum absolute atomic E-state index is 0.0865. The number of rotatable bonds is 11. The summed E-state index contributed by atoms with van der Waals surface area (Å²) in [4.78, 5) is 28.6. The lowest BCUT2D eigenvalue weighted by molar-refractivity contribution is -0.140. The highest BCUT2D eigenvalue weighted by Crippen LogP contribution is 2.18. The summed E-state index contributed by atoms with van der Waals surface area (Å²) in [5.41, 5.74) is 2.89. The van der Waals surface area contributed by atoms with E-state index in [2.05, 4.69) is 5.32 Å². The maximum atomic E-state index is 13.6. The number of carbonyl (C=O) groups is 2. The van der Waals surface area contributed by atoms with Gasteiger partial charge in [0.2, 0.25) is 11.8 Å². The van der Waals surface area contributed by atoms with Gasteiger partial charge in [-0.25, -0.2) is 0 Å². The monoisotopic (exact) mass is 444 g/mol. The third-order valence-corrected chi connectivity index (χ3v) is 5.53. The Morgan fingerprint density at radius 2 is 1.45 bits per heavy atom. The molecule has 5 heteroatoms. The molecule has 5 nitrogen and oxygen atoms in total. The van der Waals surface area contributed by atoms with Crippen LogP contribution < -0.4 is 10.1 Å². The molecule has 0 aliphatic carbocycles. The van der Waals surface area contributed by atoms with E-state index >= 15 is 0 Å². The third-order valence-electron chi connectivity index (χ3n) is 5.53. The molecule has 0 fully saturated rings. The standard InChI is InChI=1S/C28H32N2O3/c1-3-18-29-28(32)26(19-22-10-6-4-7-11-22)30(21-24-12-8-5-9-13-24)27(31)20-23-14-16-25(33-2)17-15-23/h4-17,26H,3,18-21H2,1-2H3,(H,29,32)/t26-/m1/s1. The van der Waals surface area contributed by atoms with Crippen molar-refractivity contribution in [1.29, 1.82) is 0 Å². The molecule has 1 N–H and O–H groups in total. The predicted octanol–water partition coefficient (Wildman–Crippen LogP) is 4.40. The van der Waals surface area contributed by atoms with Crippen LogP contribution in [0.5, 0.6) is 5.75 Å². The van der Waals surface area contributed by atoms with Crippen molar-refractivity contribution < 1.29 is 14.3 Å². The zero-order chi connectivity index (χ0) is 23.5. The minimum atomic E-state index is -0.607. The van der Waals surface area contributed by atoms with Gasteiger partial charge < -0.3 is 15.0 Å². The summed E-state index contributed by atoms with van der Waals surface area (Å²) >= 11 is 0. The van der Waals surface area contributed by atoms with Crippen molar-refractivity contribution in [3.8, 4) is 5.75 Å². The lowest BCUT2D eigenvalue weighted by atomic mass is 10.0. The van der Waals surface area contributed by atoms with Crippen LogP contribution in [0.15, 0.2) is 84.9 Å². The predicted molar refractivity (Wildman–Crippen MR) is 131 cm³/mol. The molecule has 0 radical (unpaired) electrons. The summed E-state index contributed by atoms with van der Waals surface area (Å²) in [6.45, 7) is 2.96. The highest BCUT2D eigenvalue weighted by molar-refractivity contribution is 5.88. The van der Waals surface area contributed by atoms with Crippen LogP contribution in [0, 0.1) is 0 Å². The molecule has 0 spiro atoms. The van der Waals surface area contributed by atoms with Gasteiger partial charge in [0.1, 0.15) is 11.8 Å². The van der Waals surface area contributed by atoms with Gasteiger partial charge in [-0.15, -0.1) is 0 Å². The minimum Gasteiger partial charge on any atom is -0.497 e. The van der Waals surface area contributed by atoms with Gasteiger partial charge in [-0.05, 0) is 35.2 Å². The SMILES string of the molecule is CCCNC(=O)[C@@H](Cc1ccccc1)N(Cc1ccccc1)C(=O)Cc1ccc(OC)cc1. The molecular weight excluding hydrogens is 412 g/mol. The normalized spacial score (nSPS) is 11.5. The van der Waals surface area contributed by atoms with E-state index in [0.29, 0.717) is 19.5 Å². The largest absolute Gasteiger partial charge is 0.497 e. The fourth-order valence-electron chi connectivity index (χ4n) is 3.72. The molecule has 3 aromatic rings. The zero-order valence-electron chi connectivity index (χ0n) is 19.4. The van der Waals surface area contributed by atoms with Gasteiger partial charge in [0.15, 0.2) is 0 Å². The number of hydrogen-bond acceptors (Lipinski definition) is 3. The summed E-state index contributed by atoms with van der Waals surface area (Å²) in [5.74, 6) is 0.532. The van der Waals surface area contributed by atoms with Crippen LogP contribution in [0.4, 0.5) is 0 Å². The second-order valence-electron chi connectivity index (χ2n) is 8.03. The van der Waals surface area contributed by atoms with Crippen molar-refractivity contribution in [2.24, 2.45) is 0 Å². The van der Waals surface area contributed by atoms with E-state index in [9.17, 15) is 9.59 Å². The number of amides is 2. The van der Waals surface area contributed by atoms with Crippen molar-refractivity contribution in [2.45, 2.75) is 38.8 Å². The maximum absolute atomic E-state index is 13.6. The van der Waals surface area contributed by atoms with Crippen molar-refractivity contribution >= 4 is 11.8 Å². The maximum Gasteiger partial charge on any atom is 0.243 e. The number of nitrogens with one attached hydrogen (secondary N) is 1. The number of carbonyl (C=O) groups excluding carboxylic acids is 2. The Morgan fingerprint density at radius 1 is 0.848 bits per heavy atom. The molecule has 172 valence electrons. The van der Waals surface area contributed by atoms with E-state index in [-0.39, 0.29) is 18.2 Å². The first kappa shape index (κ1) is 24.1. The first-order chi connectivity index (χ1) is 16.1. The Hall–Kier alpha value is -3.60. The van der Waals surface area contributed by atoms with Gasteiger partial charge in [0.25, 0.3) is 0 Å². The first-order valence-corrected chi connectivity index (χ1v) is 11.4. The quantitative estimate of drug-likeness (QED) is 0.477. The van der Waals surface area contributed by atoms with Gasteiger partial charge in [-0.3, -0.25) is 9.59 Å². The molecule has 3 aromatic carbocycles. The zero-order valence-corrected chi connectivity index (χ0v) is 19.4. The highest BCUT2D eigenvalue weighted by Gasteiger charge is 2.30. The van der Waals surface area contributed by atoms with E-state index in [0.717, 1.165) is 28.9 Å². The van der Waals surface area contributed by atoms with Gasteiger partial charge >= 0.3 is 0 Å². The average molecular weight is 445 g/mol. The molecular formula is C28H32N2O3. The number of benzene rings is 3. The molecule has 1 atom stereocenters. The van der Waals surface area contributed by atoms with Crippen molar-refractivity contribution in [1.82, 2.24) is 10.2 Å². The van der Waals surface area contributed by atoms with Crippen LogP contribution >= 0.6 is 0 Å². The van der Waals surface area contributed by atoms with Crippen molar-refractivity contribution in [3.05, 3.63) is 102 Å². The van der Waals surface area contributed by atoms with Crippen LogP contribution in [0.3, 0.4) is 0 Å². The molecule has 2 amide bonds. The van der Waals surface area contributed by atoms with Gasteiger partial charge in [0, 0.05) is 19.5 Å². The smallest absolute Gasteiger partial charge is 0.243 e. The van der Waals surface area contributed by atoms with Gasteiger partial charge in [-0.2, -0.15) is 0 Å². The number of nitrogens with zero attached hydrogens (tertiary/aromatic N) is 1. The molecule has 0 bridgehead atoms. The lowest BCUT2D eigenvalue weighted by Gasteiger charge is -2.31. The van der Waals surface area contributed by atoms with Gasteiger partial charge in [-0.1, -0.05) is 79.7 Å². The number of ether oxygens (including phenoxy) is 1. The Bertz CT molecular complexity index is 1000. The second-order valence-corrected chi connectivity index (χ2v) is 8.03. The summed E-state index contributed by atoms with van der Waals surface area (Å²) in [5, 5.41) is 3.00. The van der Waals surface area contributed by atoms with E-state index in [1.165, 1.54) is 0 Å². The highest BCUT2D eigenvalue weighted by atomic mass is 16.5. The Balaban J connectivity index is 1.91. The molecule has 0 unspecified atom stereocenters. The lowest BCUT2D eigenvalue weighted by Crippen LogP contribution is -2.51. The summed E-state index contributed by atoms with van der Waals surface area (Å²) < 4.78 is 5.23. The van der Waals surface area contributed by atoms with Crippen LogP contribution in [-0.2, 0) is 29.0 Å². The third kappa shape index (κ3) is 7.21. The van der Waals surface area contributed by atoms with Crippen LogP contribution in [0.25, 0.3) is 0 Å². The van der Waals surface area contributed by atoms with Crippen LogP contribution in [0.2, 0.25) is 0 Å². The Morgan fingerprint density at radius 3 is 2.03 bits per heavy atom. The topological polar surface area (TPSA) is 58.6 Å². The van der Waals surface area contributed by atoms with Crippen LogP contribution in [-0.4, -0.2) is 36.4 Å². The molecule has 0 saturated heterocycles. The molecule has 0 aliphatic heterocycles. The van der Waals surface area contributed by atoms with Crippen molar-refractivity contribution in [2.75, 3.05) is 13.7 Å².